The lowest BCUT2D eigenvalue weighted by Gasteiger charge is -2.28. The summed E-state index contributed by atoms with van der Waals surface area (Å²) >= 11 is 12.2. The minimum Gasteiger partial charge on any atom is -0.325 e. The van der Waals surface area contributed by atoms with Crippen LogP contribution in [0.25, 0.3) is 0 Å². The first-order valence-corrected chi connectivity index (χ1v) is 6.49. The molecule has 1 fully saturated rings. The number of benzene rings is 1. The van der Waals surface area contributed by atoms with Crippen LogP contribution in [0.4, 0.5) is 0 Å². The number of hydrogen-bond acceptors (Lipinski definition) is 4. The third kappa shape index (κ3) is 2.12. The molecule has 0 aliphatic carbocycles. The molecule has 2 heterocycles. The zero-order chi connectivity index (χ0) is 13.5. The highest BCUT2D eigenvalue weighted by Crippen LogP contribution is 2.37. The van der Waals surface area contributed by atoms with Crippen LogP contribution in [0.3, 0.4) is 0 Å². The van der Waals surface area contributed by atoms with Crippen LogP contribution in [0.5, 0.6) is 0 Å². The standard InChI is InChI=1S/C12H11Cl2N3O2/c1-8-15-7-17(16-8)12(18-4-5-19-12)10-3-2-9(13)6-11(10)14/h2-3,6-7H,4-5H2,1H3. The summed E-state index contributed by atoms with van der Waals surface area (Å²) in [5.74, 6) is -0.535. The van der Waals surface area contributed by atoms with Crippen LogP contribution in [0, 0.1) is 6.92 Å². The quantitative estimate of drug-likeness (QED) is 0.855. The maximum atomic E-state index is 6.25. The number of hydrogen-bond donors (Lipinski definition) is 0. The van der Waals surface area contributed by atoms with Crippen molar-refractivity contribution in [2.24, 2.45) is 0 Å². The van der Waals surface area contributed by atoms with Gasteiger partial charge in [0.1, 0.15) is 12.2 Å². The topological polar surface area (TPSA) is 49.2 Å². The van der Waals surface area contributed by atoms with Gasteiger partial charge in [0.15, 0.2) is 0 Å². The molecule has 0 amide bonds. The summed E-state index contributed by atoms with van der Waals surface area (Å²) in [6, 6.07) is 5.15. The second-order valence-electron chi connectivity index (χ2n) is 4.14. The number of aromatic nitrogens is 3. The van der Waals surface area contributed by atoms with Crippen LogP contribution >= 0.6 is 23.2 Å². The van der Waals surface area contributed by atoms with E-state index in [9.17, 15) is 0 Å². The molecular formula is C12H11Cl2N3O2. The van der Waals surface area contributed by atoms with Crippen LogP contribution in [0.15, 0.2) is 24.5 Å². The Morgan fingerprint density at radius 2 is 2.00 bits per heavy atom. The van der Waals surface area contributed by atoms with E-state index >= 15 is 0 Å². The number of aryl methyl sites for hydroxylation is 1. The van der Waals surface area contributed by atoms with Gasteiger partial charge in [0, 0.05) is 5.02 Å². The molecule has 0 atom stereocenters. The predicted molar refractivity (Wildman–Crippen MR) is 70.2 cm³/mol. The van der Waals surface area contributed by atoms with Crippen molar-refractivity contribution in [1.29, 1.82) is 0 Å². The van der Waals surface area contributed by atoms with Crippen LogP contribution in [-0.2, 0) is 15.4 Å². The fourth-order valence-corrected chi connectivity index (χ4v) is 2.57. The van der Waals surface area contributed by atoms with E-state index < -0.39 is 5.91 Å². The first-order chi connectivity index (χ1) is 9.12. The Kier molecular flexibility index (Phi) is 3.22. The van der Waals surface area contributed by atoms with Crippen molar-refractivity contribution >= 4 is 23.2 Å². The number of halogens is 2. The highest BCUT2D eigenvalue weighted by atomic mass is 35.5. The second kappa shape index (κ2) is 4.76. The Morgan fingerprint density at radius 1 is 1.26 bits per heavy atom. The highest BCUT2D eigenvalue weighted by Gasteiger charge is 2.43. The molecule has 19 heavy (non-hydrogen) atoms. The number of rotatable bonds is 2. The molecule has 0 spiro atoms. The van der Waals surface area contributed by atoms with Crippen LogP contribution in [0.2, 0.25) is 10.0 Å². The van der Waals surface area contributed by atoms with Crippen molar-refractivity contribution in [1.82, 2.24) is 14.8 Å². The largest absolute Gasteiger partial charge is 0.325 e. The van der Waals surface area contributed by atoms with Crippen molar-refractivity contribution in [3.63, 3.8) is 0 Å². The van der Waals surface area contributed by atoms with E-state index in [1.807, 2.05) is 0 Å². The average Bonchev–Trinajstić information content (AvgIpc) is 2.98. The summed E-state index contributed by atoms with van der Waals surface area (Å²) in [5, 5.41) is 5.28. The minimum absolute atomic E-state index is 0.456. The molecule has 0 unspecified atom stereocenters. The van der Waals surface area contributed by atoms with E-state index in [0.717, 1.165) is 0 Å². The molecule has 1 aromatic heterocycles. The Balaban J connectivity index is 2.15. The molecule has 100 valence electrons. The van der Waals surface area contributed by atoms with Gasteiger partial charge >= 0.3 is 5.91 Å². The second-order valence-corrected chi connectivity index (χ2v) is 4.98. The van der Waals surface area contributed by atoms with Crippen molar-refractivity contribution in [3.8, 4) is 0 Å². The first kappa shape index (κ1) is 12.9. The Bertz CT molecular complexity index is 609. The summed E-state index contributed by atoms with van der Waals surface area (Å²) in [4.78, 5) is 4.10. The van der Waals surface area contributed by atoms with E-state index in [4.69, 9.17) is 32.7 Å². The molecule has 1 aliphatic rings. The number of nitrogens with zero attached hydrogens (tertiary/aromatic N) is 3. The van der Waals surface area contributed by atoms with Crippen LogP contribution in [0.1, 0.15) is 11.4 Å². The van der Waals surface area contributed by atoms with E-state index in [1.54, 1.807) is 31.5 Å². The lowest BCUT2D eigenvalue weighted by molar-refractivity contribution is -0.196. The van der Waals surface area contributed by atoms with Crippen LogP contribution in [-0.4, -0.2) is 28.0 Å². The third-order valence-corrected chi connectivity index (χ3v) is 3.41. The first-order valence-electron chi connectivity index (χ1n) is 5.74. The molecule has 0 bridgehead atoms. The lowest BCUT2D eigenvalue weighted by atomic mass is 10.1. The Labute approximate surface area is 120 Å². The average molecular weight is 300 g/mol. The summed E-state index contributed by atoms with van der Waals surface area (Å²) in [6.07, 6.45) is 1.56. The molecule has 0 saturated carbocycles. The van der Waals surface area contributed by atoms with Crippen molar-refractivity contribution < 1.29 is 9.47 Å². The monoisotopic (exact) mass is 299 g/mol. The van der Waals surface area contributed by atoms with Crippen LogP contribution < -0.4 is 0 Å². The van der Waals surface area contributed by atoms with E-state index in [-0.39, 0.29) is 0 Å². The smallest absolute Gasteiger partial charge is 0.302 e. The maximum Gasteiger partial charge on any atom is 0.302 e. The van der Waals surface area contributed by atoms with Gasteiger partial charge in [-0.1, -0.05) is 23.2 Å². The molecule has 1 aromatic carbocycles. The SMILES string of the molecule is Cc1ncn(C2(c3ccc(Cl)cc3Cl)OCCO2)n1. The fourth-order valence-electron chi connectivity index (χ4n) is 2.05. The molecule has 5 nitrogen and oxygen atoms in total. The molecule has 3 rings (SSSR count). The lowest BCUT2D eigenvalue weighted by Crippen LogP contribution is -2.37. The van der Waals surface area contributed by atoms with Crippen molar-refractivity contribution in [2.75, 3.05) is 13.2 Å². The number of ether oxygens (including phenoxy) is 2. The predicted octanol–water partition coefficient (Wildman–Crippen LogP) is 2.60. The summed E-state index contributed by atoms with van der Waals surface area (Å²) in [7, 11) is 0. The highest BCUT2D eigenvalue weighted by molar-refractivity contribution is 6.35. The molecule has 0 radical (unpaired) electrons. The molecule has 0 N–H and O–H groups in total. The molecule has 1 aliphatic heterocycles. The van der Waals surface area contributed by atoms with Gasteiger partial charge in [0.05, 0.1) is 23.8 Å². The summed E-state index contributed by atoms with van der Waals surface area (Å²) in [5.41, 5.74) is 0.654. The third-order valence-electron chi connectivity index (χ3n) is 2.86. The van der Waals surface area contributed by atoms with Gasteiger partial charge < -0.3 is 9.47 Å². The fraction of sp³-hybridized carbons (Fsp3) is 0.333. The zero-order valence-corrected chi connectivity index (χ0v) is 11.6. The molecule has 7 heteroatoms. The Morgan fingerprint density at radius 3 is 2.58 bits per heavy atom. The van der Waals surface area contributed by atoms with Gasteiger partial charge in [-0.2, -0.15) is 9.78 Å². The van der Waals surface area contributed by atoms with Gasteiger partial charge in [-0.25, -0.2) is 4.98 Å². The molecule has 2 aromatic rings. The normalized spacial score (nSPS) is 17.8. The van der Waals surface area contributed by atoms with Gasteiger partial charge in [-0.3, -0.25) is 0 Å². The van der Waals surface area contributed by atoms with E-state index in [2.05, 4.69) is 10.1 Å². The van der Waals surface area contributed by atoms with Gasteiger partial charge in [-0.05, 0) is 25.1 Å². The zero-order valence-electron chi connectivity index (χ0n) is 10.1. The maximum absolute atomic E-state index is 6.25. The minimum atomic E-state index is -1.16. The molecular weight excluding hydrogens is 289 g/mol. The Hall–Kier alpha value is -1.14. The van der Waals surface area contributed by atoms with Crippen molar-refractivity contribution in [3.05, 3.63) is 46.0 Å². The van der Waals surface area contributed by atoms with Crippen molar-refractivity contribution in [2.45, 2.75) is 12.8 Å². The van der Waals surface area contributed by atoms with E-state index in [0.29, 0.717) is 34.6 Å². The molecule has 1 saturated heterocycles. The van der Waals surface area contributed by atoms with E-state index in [1.165, 1.54) is 4.68 Å². The van der Waals surface area contributed by atoms with Gasteiger partial charge in [-0.15, -0.1) is 0 Å². The summed E-state index contributed by atoms with van der Waals surface area (Å²) in [6.45, 7) is 2.71. The summed E-state index contributed by atoms with van der Waals surface area (Å²) < 4.78 is 13.0. The van der Waals surface area contributed by atoms with Gasteiger partial charge in [0.2, 0.25) is 0 Å². The van der Waals surface area contributed by atoms with Gasteiger partial charge in [0.25, 0.3) is 0 Å².